The number of para-hydroxylation sites is 1. The van der Waals surface area contributed by atoms with E-state index in [2.05, 4.69) is 15.8 Å². The minimum absolute atomic E-state index is 0.0485. The smallest absolute Gasteiger partial charge is 0.271 e. The van der Waals surface area contributed by atoms with Gasteiger partial charge in [0.2, 0.25) is 10.7 Å². The average molecular weight is 358 g/mol. The first-order chi connectivity index (χ1) is 12.0. The topological polar surface area (TPSA) is 75.5 Å². The van der Waals surface area contributed by atoms with Gasteiger partial charge in [-0.2, -0.15) is 0 Å². The van der Waals surface area contributed by atoms with Crippen LogP contribution in [-0.2, 0) is 11.8 Å². The summed E-state index contributed by atoms with van der Waals surface area (Å²) in [5.74, 6) is -1.53. The van der Waals surface area contributed by atoms with Gasteiger partial charge in [0, 0.05) is 19.5 Å². The normalized spacial score (nSPS) is 11.6. The predicted molar refractivity (Wildman–Crippen MR) is 94.5 cm³/mol. The van der Waals surface area contributed by atoms with Crippen LogP contribution in [0.15, 0.2) is 47.6 Å². The van der Waals surface area contributed by atoms with E-state index in [4.69, 9.17) is 0 Å². The standard InChI is InChI=1S/C17H15FN4O2S/c1-10(23)19-13-9-11(7-8-12(13)18)16(24)20-21-17-22(2)14-5-3-4-6-15(14)25-17/h3-9H,1-2H3,(H,19,23)(H,20,24)/b21-17+. The van der Waals surface area contributed by atoms with Crippen molar-refractivity contribution in [2.24, 2.45) is 12.1 Å². The maximum Gasteiger partial charge on any atom is 0.271 e. The number of carbonyl (C=O) groups excluding carboxylic acids is 2. The molecule has 6 nitrogen and oxygen atoms in total. The minimum atomic E-state index is -0.611. The highest BCUT2D eigenvalue weighted by molar-refractivity contribution is 7.16. The van der Waals surface area contributed by atoms with Crippen molar-refractivity contribution in [3.05, 3.63) is 58.6 Å². The number of nitrogens with zero attached hydrogens (tertiary/aromatic N) is 2. The highest BCUT2D eigenvalue weighted by atomic mass is 32.1. The number of rotatable bonds is 3. The Morgan fingerprint density at radius 2 is 1.96 bits per heavy atom. The third-order valence-electron chi connectivity index (χ3n) is 3.51. The zero-order chi connectivity index (χ0) is 18.0. The molecule has 0 radical (unpaired) electrons. The molecule has 8 heteroatoms. The molecule has 0 bridgehead atoms. The van der Waals surface area contributed by atoms with Gasteiger partial charge in [-0.15, -0.1) is 5.10 Å². The van der Waals surface area contributed by atoms with Gasteiger partial charge in [0.05, 0.1) is 15.9 Å². The highest BCUT2D eigenvalue weighted by Gasteiger charge is 2.10. The lowest BCUT2D eigenvalue weighted by molar-refractivity contribution is -0.114. The van der Waals surface area contributed by atoms with Gasteiger partial charge in [-0.1, -0.05) is 23.5 Å². The van der Waals surface area contributed by atoms with Crippen molar-refractivity contribution in [2.45, 2.75) is 6.92 Å². The Balaban J connectivity index is 1.87. The summed E-state index contributed by atoms with van der Waals surface area (Å²) in [5.41, 5.74) is 3.61. The molecule has 0 aliphatic rings. The summed E-state index contributed by atoms with van der Waals surface area (Å²) < 4.78 is 16.6. The van der Waals surface area contributed by atoms with Gasteiger partial charge in [-0.05, 0) is 30.3 Å². The zero-order valence-electron chi connectivity index (χ0n) is 13.5. The summed E-state index contributed by atoms with van der Waals surface area (Å²) in [5, 5.41) is 6.48. The maximum atomic E-state index is 13.6. The van der Waals surface area contributed by atoms with Crippen molar-refractivity contribution < 1.29 is 14.0 Å². The number of anilines is 1. The third-order valence-corrected chi connectivity index (χ3v) is 4.62. The second-order valence-corrected chi connectivity index (χ2v) is 6.35. The Hall–Kier alpha value is -3.00. The van der Waals surface area contributed by atoms with Gasteiger partial charge in [0.15, 0.2) is 0 Å². The molecule has 0 unspecified atom stereocenters. The van der Waals surface area contributed by atoms with E-state index in [1.807, 2.05) is 35.9 Å². The maximum absolute atomic E-state index is 13.6. The molecule has 0 spiro atoms. The lowest BCUT2D eigenvalue weighted by Gasteiger charge is -2.06. The number of halogens is 1. The molecule has 2 amide bonds. The first-order valence-corrected chi connectivity index (χ1v) is 8.23. The van der Waals surface area contributed by atoms with Gasteiger partial charge in [-0.25, -0.2) is 9.82 Å². The van der Waals surface area contributed by atoms with Crippen molar-refractivity contribution in [1.82, 2.24) is 9.99 Å². The largest absolute Gasteiger partial charge is 0.324 e. The molecule has 3 aromatic rings. The Labute approximate surface area is 146 Å². The second kappa shape index (κ2) is 6.86. The van der Waals surface area contributed by atoms with Gasteiger partial charge < -0.3 is 9.88 Å². The number of fused-ring (bicyclic) bond motifs is 1. The van der Waals surface area contributed by atoms with E-state index in [9.17, 15) is 14.0 Å². The van der Waals surface area contributed by atoms with Crippen LogP contribution in [0.4, 0.5) is 10.1 Å². The van der Waals surface area contributed by atoms with Crippen molar-refractivity contribution in [2.75, 3.05) is 5.32 Å². The Kier molecular flexibility index (Phi) is 4.62. The number of amides is 2. The third kappa shape index (κ3) is 3.58. The molecule has 0 fully saturated rings. The molecule has 0 saturated heterocycles. The molecule has 2 N–H and O–H groups in total. The van der Waals surface area contributed by atoms with Crippen LogP contribution in [0.25, 0.3) is 10.2 Å². The van der Waals surface area contributed by atoms with E-state index >= 15 is 0 Å². The number of carbonyl (C=O) groups is 2. The second-order valence-electron chi connectivity index (χ2n) is 5.34. The summed E-state index contributed by atoms with van der Waals surface area (Å²) in [6.07, 6.45) is 0. The first kappa shape index (κ1) is 16.8. The fourth-order valence-electron chi connectivity index (χ4n) is 2.30. The molecule has 3 rings (SSSR count). The zero-order valence-corrected chi connectivity index (χ0v) is 14.4. The van der Waals surface area contributed by atoms with Crippen molar-refractivity contribution in [1.29, 1.82) is 0 Å². The van der Waals surface area contributed by atoms with Crippen molar-refractivity contribution in [3.63, 3.8) is 0 Å². The number of nitrogens with one attached hydrogen (secondary N) is 2. The van der Waals surface area contributed by atoms with E-state index in [1.54, 1.807) is 0 Å². The summed E-state index contributed by atoms with van der Waals surface area (Å²) in [6, 6.07) is 11.5. The molecule has 1 heterocycles. The summed E-state index contributed by atoms with van der Waals surface area (Å²) >= 11 is 1.44. The summed E-state index contributed by atoms with van der Waals surface area (Å²) in [6.45, 7) is 1.27. The fourth-order valence-corrected chi connectivity index (χ4v) is 3.28. The SMILES string of the molecule is CC(=O)Nc1cc(C(=O)N/N=c2/sc3ccccc3n2C)ccc1F. The number of thiazole rings is 1. The molecule has 0 saturated carbocycles. The van der Waals surface area contributed by atoms with E-state index in [0.717, 1.165) is 16.3 Å². The monoisotopic (exact) mass is 358 g/mol. The van der Waals surface area contributed by atoms with E-state index in [-0.39, 0.29) is 11.3 Å². The van der Waals surface area contributed by atoms with Crippen molar-refractivity contribution in [3.8, 4) is 0 Å². The lowest BCUT2D eigenvalue weighted by Crippen LogP contribution is -2.23. The highest BCUT2D eigenvalue weighted by Crippen LogP contribution is 2.17. The van der Waals surface area contributed by atoms with Crippen LogP contribution in [0.3, 0.4) is 0 Å². The van der Waals surface area contributed by atoms with Crippen molar-refractivity contribution >= 4 is 39.1 Å². The van der Waals surface area contributed by atoms with Gasteiger partial charge in [0.25, 0.3) is 5.91 Å². The Morgan fingerprint density at radius 3 is 2.68 bits per heavy atom. The van der Waals surface area contributed by atoms with Crippen LogP contribution in [0.5, 0.6) is 0 Å². The molecule has 128 valence electrons. The van der Waals surface area contributed by atoms with E-state index < -0.39 is 17.6 Å². The molecular formula is C17H15FN4O2S. The quantitative estimate of drug-likeness (QED) is 0.706. The van der Waals surface area contributed by atoms with Gasteiger partial charge in [0.1, 0.15) is 5.82 Å². The predicted octanol–water partition coefficient (Wildman–Crippen LogP) is 2.58. The first-order valence-electron chi connectivity index (χ1n) is 7.41. The Bertz CT molecular complexity index is 1040. The van der Waals surface area contributed by atoms with Crippen LogP contribution < -0.4 is 15.5 Å². The molecule has 25 heavy (non-hydrogen) atoms. The molecular weight excluding hydrogens is 343 g/mol. The average Bonchev–Trinajstić information content (AvgIpc) is 2.91. The van der Waals surface area contributed by atoms with Crippen LogP contribution >= 0.6 is 11.3 Å². The number of aryl methyl sites for hydroxylation is 1. The van der Waals surface area contributed by atoms with Crippen LogP contribution in [-0.4, -0.2) is 16.4 Å². The fraction of sp³-hybridized carbons (Fsp3) is 0.118. The summed E-state index contributed by atoms with van der Waals surface area (Å²) in [4.78, 5) is 24.0. The van der Waals surface area contributed by atoms with Crippen LogP contribution in [0.1, 0.15) is 17.3 Å². The van der Waals surface area contributed by atoms with E-state index in [1.165, 1.54) is 30.4 Å². The van der Waals surface area contributed by atoms with Crippen LogP contribution in [0.2, 0.25) is 0 Å². The number of aromatic nitrogens is 1. The Morgan fingerprint density at radius 1 is 1.20 bits per heavy atom. The number of hydrogen-bond acceptors (Lipinski definition) is 4. The molecule has 0 atom stereocenters. The molecule has 0 aliphatic carbocycles. The molecule has 1 aromatic heterocycles. The number of hydrogen-bond donors (Lipinski definition) is 2. The summed E-state index contributed by atoms with van der Waals surface area (Å²) in [7, 11) is 1.86. The van der Waals surface area contributed by atoms with Gasteiger partial charge in [-0.3, -0.25) is 9.59 Å². The lowest BCUT2D eigenvalue weighted by atomic mass is 10.2. The molecule has 0 aliphatic heterocycles. The van der Waals surface area contributed by atoms with Crippen LogP contribution in [0, 0.1) is 5.82 Å². The van der Waals surface area contributed by atoms with E-state index in [0.29, 0.717) is 4.80 Å². The van der Waals surface area contributed by atoms with Gasteiger partial charge >= 0.3 is 0 Å². The number of benzene rings is 2. The molecule has 2 aromatic carbocycles. The minimum Gasteiger partial charge on any atom is -0.324 e.